The van der Waals surface area contributed by atoms with Crippen LogP contribution in [-0.4, -0.2) is 41.3 Å². The van der Waals surface area contributed by atoms with Crippen LogP contribution < -0.4 is 10.6 Å². The third kappa shape index (κ3) is 2.42. The number of tetrazole rings is 1. The molecule has 2 rings (SSSR count). The predicted molar refractivity (Wildman–Crippen MR) is 65.8 cm³/mol. The molecule has 1 aromatic carbocycles. The molecule has 90 valence electrons. The van der Waals surface area contributed by atoms with Gasteiger partial charge in [-0.1, -0.05) is 17.3 Å². The third-order valence-electron chi connectivity index (χ3n) is 2.72. The molecule has 6 nitrogen and oxygen atoms in total. The maximum atomic E-state index is 5.76. The summed E-state index contributed by atoms with van der Waals surface area (Å²) in [6.45, 7) is 0.459. The Balaban J connectivity index is 2.26. The number of rotatable bonds is 4. The summed E-state index contributed by atoms with van der Waals surface area (Å²) in [5.41, 5.74) is 8.01. The molecule has 0 aliphatic heterocycles. The van der Waals surface area contributed by atoms with Crippen molar-refractivity contribution >= 4 is 5.69 Å². The molecule has 0 radical (unpaired) electrons. The van der Waals surface area contributed by atoms with Crippen molar-refractivity contribution in [2.45, 2.75) is 5.92 Å². The summed E-state index contributed by atoms with van der Waals surface area (Å²) in [5.74, 6) is 0.620. The highest BCUT2D eigenvalue weighted by atomic mass is 15.5. The first-order chi connectivity index (χ1) is 8.22. The zero-order valence-corrected chi connectivity index (χ0v) is 9.96. The molecule has 1 heterocycles. The topological polar surface area (TPSA) is 83.7 Å². The molecule has 3 N–H and O–H groups in total. The highest BCUT2D eigenvalue weighted by Crippen LogP contribution is 2.22. The Hall–Kier alpha value is -1.95. The lowest BCUT2D eigenvalue weighted by Gasteiger charge is -2.15. The predicted octanol–water partition coefficient (Wildman–Crippen LogP) is 0.356. The number of anilines is 1. The Kier molecular flexibility index (Phi) is 3.34. The van der Waals surface area contributed by atoms with Crippen molar-refractivity contribution in [1.82, 2.24) is 20.6 Å². The van der Waals surface area contributed by atoms with E-state index in [1.54, 1.807) is 0 Å². The fraction of sp³-hybridized carbons (Fsp3) is 0.364. The number of nitrogens with one attached hydrogen (secondary N) is 1. The monoisotopic (exact) mass is 232 g/mol. The lowest BCUT2D eigenvalue weighted by atomic mass is 9.98. The molecule has 1 aromatic heterocycles. The van der Waals surface area contributed by atoms with Crippen LogP contribution >= 0.6 is 0 Å². The molecule has 17 heavy (non-hydrogen) atoms. The van der Waals surface area contributed by atoms with Crippen molar-refractivity contribution in [2.75, 3.05) is 25.5 Å². The Labute approximate surface area is 99.8 Å². The number of nitrogens with two attached hydrogens (primary N) is 1. The van der Waals surface area contributed by atoms with Gasteiger partial charge in [-0.15, -0.1) is 10.2 Å². The van der Waals surface area contributed by atoms with Crippen LogP contribution in [0.25, 0.3) is 0 Å². The van der Waals surface area contributed by atoms with Crippen LogP contribution in [0.1, 0.15) is 17.3 Å². The van der Waals surface area contributed by atoms with Gasteiger partial charge >= 0.3 is 0 Å². The van der Waals surface area contributed by atoms with E-state index < -0.39 is 0 Å². The van der Waals surface area contributed by atoms with Gasteiger partial charge in [0, 0.05) is 26.3 Å². The summed E-state index contributed by atoms with van der Waals surface area (Å²) in [5, 5.41) is 14.0. The first-order valence-electron chi connectivity index (χ1n) is 5.43. The standard InChI is InChI=1S/C11H16N6/c1-17(2)9-5-3-8(4-6-9)10(7-12)11-13-15-16-14-11/h3-6,10H,7,12H2,1-2H3,(H,13,14,15,16). The first kappa shape index (κ1) is 11.5. The van der Waals surface area contributed by atoms with Crippen molar-refractivity contribution in [3.05, 3.63) is 35.7 Å². The molecule has 0 amide bonds. The maximum Gasteiger partial charge on any atom is 0.183 e. The molecule has 0 aliphatic rings. The van der Waals surface area contributed by atoms with Crippen molar-refractivity contribution in [2.24, 2.45) is 5.73 Å². The van der Waals surface area contributed by atoms with Gasteiger partial charge in [0.15, 0.2) is 5.82 Å². The number of hydrogen-bond donors (Lipinski definition) is 2. The quantitative estimate of drug-likeness (QED) is 0.795. The Bertz CT molecular complexity index is 447. The van der Waals surface area contributed by atoms with Crippen molar-refractivity contribution in [3.63, 3.8) is 0 Å². The van der Waals surface area contributed by atoms with Crippen molar-refractivity contribution in [1.29, 1.82) is 0 Å². The van der Waals surface area contributed by atoms with Crippen LogP contribution in [0.15, 0.2) is 24.3 Å². The molecular formula is C11H16N6. The summed E-state index contributed by atoms with van der Waals surface area (Å²) >= 11 is 0. The number of nitrogens with zero attached hydrogens (tertiary/aromatic N) is 4. The van der Waals surface area contributed by atoms with E-state index in [9.17, 15) is 0 Å². The van der Waals surface area contributed by atoms with Gasteiger partial charge < -0.3 is 10.6 Å². The Morgan fingerprint density at radius 3 is 2.47 bits per heavy atom. The van der Waals surface area contributed by atoms with Gasteiger partial charge in [-0.05, 0) is 17.7 Å². The van der Waals surface area contributed by atoms with Crippen LogP contribution in [0, 0.1) is 0 Å². The van der Waals surface area contributed by atoms with Gasteiger partial charge in [0.25, 0.3) is 0 Å². The number of benzene rings is 1. The summed E-state index contributed by atoms with van der Waals surface area (Å²) in [6, 6.07) is 8.20. The fourth-order valence-electron chi connectivity index (χ4n) is 1.71. The highest BCUT2D eigenvalue weighted by Gasteiger charge is 2.16. The lowest BCUT2D eigenvalue weighted by Crippen LogP contribution is -2.16. The van der Waals surface area contributed by atoms with Crippen LogP contribution in [0.2, 0.25) is 0 Å². The molecule has 1 atom stereocenters. The summed E-state index contributed by atoms with van der Waals surface area (Å²) in [4.78, 5) is 2.05. The second-order valence-electron chi connectivity index (χ2n) is 4.04. The third-order valence-corrected chi connectivity index (χ3v) is 2.72. The van der Waals surface area contributed by atoms with Gasteiger partial charge in [0.05, 0.1) is 5.92 Å². The van der Waals surface area contributed by atoms with Crippen LogP contribution in [0.5, 0.6) is 0 Å². The Morgan fingerprint density at radius 1 is 1.29 bits per heavy atom. The van der Waals surface area contributed by atoms with E-state index in [-0.39, 0.29) is 5.92 Å². The molecule has 6 heteroatoms. The number of aromatic nitrogens is 4. The minimum Gasteiger partial charge on any atom is -0.378 e. The summed E-state index contributed by atoms with van der Waals surface area (Å²) in [6.07, 6.45) is 0. The van der Waals surface area contributed by atoms with E-state index in [0.29, 0.717) is 12.4 Å². The van der Waals surface area contributed by atoms with Crippen LogP contribution in [0.4, 0.5) is 5.69 Å². The minimum atomic E-state index is -0.00929. The van der Waals surface area contributed by atoms with E-state index >= 15 is 0 Å². The van der Waals surface area contributed by atoms with Gasteiger partial charge in [0.2, 0.25) is 0 Å². The van der Waals surface area contributed by atoms with Gasteiger partial charge in [-0.2, -0.15) is 5.21 Å². The average molecular weight is 232 g/mol. The van der Waals surface area contributed by atoms with Gasteiger partial charge in [-0.3, -0.25) is 0 Å². The molecule has 1 unspecified atom stereocenters. The Morgan fingerprint density at radius 2 is 2.00 bits per heavy atom. The first-order valence-corrected chi connectivity index (χ1v) is 5.43. The second kappa shape index (κ2) is 4.92. The van der Waals surface area contributed by atoms with Crippen molar-refractivity contribution < 1.29 is 0 Å². The molecule has 0 aliphatic carbocycles. The minimum absolute atomic E-state index is 0.00929. The fourth-order valence-corrected chi connectivity index (χ4v) is 1.71. The zero-order chi connectivity index (χ0) is 12.3. The summed E-state index contributed by atoms with van der Waals surface area (Å²) in [7, 11) is 4.02. The highest BCUT2D eigenvalue weighted by molar-refractivity contribution is 5.47. The molecule has 2 aromatic rings. The molecule has 0 spiro atoms. The normalized spacial score (nSPS) is 12.4. The molecule has 0 saturated carbocycles. The van der Waals surface area contributed by atoms with Crippen molar-refractivity contribution in [3.8, 4) is 0 Å². The average Bonchev–Trinajstić information content (AvgIpc) is 2.84. The molecule has 0 bridgehead atoms. The largest absolute Gasteiger partial charge is 0.378 e. The maximum absolute atomic E-state index is 5.76. The SMILES string of the molecule is CN(C)c1ccc(C(CN)c2nn[nH]n2)cc1. The van der Waals surface area contributed by atoms with Crippen LogP contribution in [-0.2, 0) is 0 Å². The van der Waals surface area contributed by atoms with E-state index in [1.165, 1.54) is 0 Å². The van der Waals surface area contributed by atoms with E-state index in [2.05, 4.69) is 37.7 Å². The molecule has 0 fully saturated rings. The van der Waals surface area contributed by atoms with Gasteiger partial charge in [0.1, 0.15) is 0 Å². The second-order valence-corrected chi connectivity index (χ2v) is 4.04. The molecular weight excluding hydrogens is 216 g/mol. The smallest absolute Gasteiger partial charge is 0.183 e. The number of hydrogen-bond acceptors (Lipinski definition) is 5. The number of H-pyrrole nitrogens is 1. The number of aromatic amines is 1. The lowest BCUT2D eigenvalue weighted by molar-refractivity contribution is 0.753. The van der Waals surface area contributed by atoms with Gasteiger partial charge in [-0.25, -0.2) is 0 Å². The summed E-state index contributed by atoms with van der Waals surface area (Å²) < 4.78 is 0. The zero-order valence-electron chi connectivity index (χ0n) is 9.96. The van der Waals surface area contributed by atoms with Crippen LogP contribution in [0.3, 0.4) is 0 Å². The van der Waals surface area contributed by atoms with E-state index in [4.69, 9.17) is 5.73 Å². The van der Waals surface area contributed by atoms with E-state index in [1.807, 2.05) is 26.2 Å². The molecule has 0 saturated heterocycles. The van der Waals surface area contributed by atoms with E-state index in [0.717, 1.165) is 11.3 Å².